The van der Waals surface area contributed by atoms with Gasteiger partial charge in [-0.15, -0.1) is 0 Å². The molecule has 0 fully saturated rings. The molecule has 1 atom stereocenters. The van der Waals surface area contributed by atoms with E-state index in [4.69, 9.17) is 20.5 Å². The van der Waals surface area contributed by atoms with E-state index in [-0.39, 0.29) is 22.8 Å². The minimum Gasteiger partial charge on any atom is -0.466 e. The Morgan fingerprint density at radius 1 is 1.27 bits per heavy atom. The lowest BCUT2D eigenvalue weighted by atomic mass is 9.83. The van der Waals surface area contributed by atoms with Gasteiger partial charge in [-0.2, -0.15) is 10.5 Å². The molecule has 1 aliphatic rings. The smallest absolute Gasteiger partial charge is 0.338 e. The first-order chi connectivity index (χ1) is 10.5. The molecule has 6 nitrogen and oxygen atoms in total. The molecule has 0 saturated heterocycles. The Balaban J connectivity index is 2.62. The van der Waals surface area contributed by atoms with Crippen molar-refractivity contribution >= 4 is 5.97 Å². The van der Waals surface area contributed by atoms with Gasteiger partial charge in [0.05, 0.1) is 30.2 Å². The van der Waals surface area contributed by atoms with Crippen LogP contribution >= 0.6 is 0 Å². The molecule has 1 aromatic carbocycles. The fourth-order valence-corrected chi connectivity index (χ4v) is 2.34. The Kier molecular flexibility index (Phi) is 4.15. The fourth-order valence-electron chi connectivity index (χ4n) is 2.34. The molecule has 2 N–H and O–H groups in total. The maximum Gasteiger partial charge on any atom is 0.338 e. The zero-order valence-corrected chi connectivity index (χ0v) is 12.1. The molecular weight excluding hydrogens is 282 g/mol. The fraction of sp³-hybridized carbons (Fsp3) is 0.188. The number of hydrogen-bond acceptors (Lipinski definition) is 6. The number of nitrogens with two attached hydrogens (primary N) is 1. The van der Waals surface area contributed by atoms with E-state index in [9.17, 15) is 10.1 Å². The standard InChI is InChI=1S/C16H13N3O3/c1-9-13(16(20)21-2)14(12(8-18)15(19)22-9)11-5-3-10(7-17)4-6-11/h3-6,14H,19H2,1-2H3/t14-/m1/s1. The quantitative estimate of drug-likeness (QED) is 0.833. The second-order valence-electron chi connectivity index (χ2n) is 4.62. The summed E-state index contributed by atoms with van der Waals surface area (Å²) in [6.45, 7) is 1.59. The summed E-state index contributed by atoms with van der Waals surface area (Å²) in [5.74, 6) is -1.02. The molecule has 0 saturated carbocycles. The SMILES string of the molecule is COC(=O)C1=C(C)OC(N)=C(C#N)[C@H]1c1ccc(C#N)cc1. The Bertz CT molecular complexity index is 761. The second-order valence-corrected chi connectivity index (χ2v) is 4.62. The van der Waals surface area contributed by atoms with Gasteiger partial charge in [0, 0.05) is 0 Å². The van der Waals surface area contributed by atoms with Gasteiger partial charge < -0.3 is 15.2 Å². The number of benzene rings is 1. The van der Waals surface area contributed by atoms with Crippen LogP contribution in [0.5, 0.6) is 0 Å². The highest BCUT2D eigenvalue weighted by atomic mass is 16.5. The summed E-state index contributed by atoms with van der Waals surface area (Å²) in [5, 5.41) is 18.2. The molecule has 1 aromatic rings. The van der Waals surface area contributed by atoms with Crippen molar-refractivity contribution in [1.29, 1.82) is 10.5 Å². The average molecular weight is 295 g/mol. The highest BCUT2D eigenvalue weighted by molar-refractivity contribution is 5.92. The molecule has 110 valence electrons. The summed E-state index contributed by atoms with van der Waals surface area (Å²) in [6, 6.07) is 10.6. The first-order valence-electron chi connectivity index (χ1n) is 6.40. The molecular formula is C16H13N3O3. The first kappa shape index (κ1) is 15.1. The van der Waals surface area contributed by atoms with Crippen LogP contribution in [0.3, 0.4) is 0 Å². The van der Waals surface area contributed by atoms with E-state index in [0.717, 1.165) is 0 Å². The van der Waals surface area contributed by atoms with Gasteiger partial charge in [-0.3, -0.25) is 0 Å². The molecule has 0 aromatic heterocycles. The van der Waals surface area contributed by atoms with Crippen LogP contribution in [0.1, 0.15) is 24.0 Å². The molecule has 0 aliphatic carbocycles. The van der Waals surface area contributed by atoms with Crippen molar-refractivity contribution in [1.82, 2.24) is 0 Å². The summed E-state index contributed by atoms with van der Waals surface area (Å²) in [4.78, 5) is 12.1. The lowest BCUT2D eigenvalue weighted by molar-refractivity contribution is -0.136. The largest absolute Gasteiger partial charge is 0.466 e. The molecule has 0 bridgehead atoms. The molecule has 1 aliphatic heterocycles. The molecule has 22 heavy (non-hydrogen) atoms. The van der Waals surface area contributed by atoms with Gasteiger partial charge in [0.15, 0.2) is 0 Å². The zero-order chi connectivity index (χ0) is 16.3. The Morgan fingerprint density at radius 3 is 2.41 bits per heavy atom. The van der Waals surface area contributed by atoms with Gasteiger partial charge >= 0.3 is 5.97 Å². The monoisotopic (exact) mass is 295 g/mol. The minimum absolute atomic E-state index is 0.0398. The minimum atomic E-state index is -0.682. The van der Waals surface area contributed by atoms with Gasteiger partial charge in [-0.05, 0) is 24.6 Å². The number of methoxy groups -OCH3 is 1. The van der Waals surface area contributed by atoms with E-state index < -0.39 is 11.9 Å². The van der Waals surface area contributed by atoms with Crippen molar-refractivity contribution in [2.45, 2.75) is 12.8 Å². The van der Waals surface area contributed by atoms with Crippen molar-refractivity contribution < 1.29 is 14.3 Å². The van der Waals surface area contributed by atoms with Crippen LogP contribution in [0.15, 0.2) is 47.1 Å². The maximum atomic E-state index is 12.1. The second kappa shape index (κ2) is 6.02. The van der Waals surface area contributed by atoms with Crippen LogP contribution in [0.4, 0.5) is 0 Å². The van der Waals surface area contributed by atoms with Crippen molar-refractivity contribution in [3.05, 3.63) is 58.2 Å². The maximum absolute atomic E-state index is 12.1. The lowest BCUT2D eigenvalue weighted by Crippen LogP contribution is -2.25. The summed E-state index contributed by atoms with van der Waals surface area (Å²) < 4.78 is 10.1. The van der Waals surface area contributed by atoms with Crippen LogP contribution < -0.4 is 5.73 Å². The van der Waals surface area contributed by atoms with Crippen molar-refractivity contribution in [2.24, 2.45) is 5.73 Å². The number of ether oxygens (including phenoxy) is 2. The molecule has 6 heteroatoms. The molecule has 2 rings (SSSR count). The number of allylic oxidation sites excluding steroid dienone is 2. The number of rotatable bonds is 2. The van der Waals surface area contributed by atoms with Gasteiger partial charge in [0.1, 0.15) is 17.4 Å². The predicted octanol–water partition coefficient (Wildman–Crippen LogP) is 1.81. The normalized spacial score (nSPS) is 17.4. The molecule has 0 radical (unpaired) electrons. The van der Waals surface area contributed by atoms with E-state index in [2.05, 4.69) is 0 Å². The van der Waals surface area contributed by atoms with Crippen molar-refractivity contribution in [2.75, 3.05) is 7.11 Å². The van der Waals surface area contributed by atoms with Gasteiger partial charge in [0.2, 0.25) is 5.88 Å². The van der Waals surface area contributed by atoms with E-state index in [1.54, 1.807) is 31.2 Å². The molecule has 0 amide bonds. The number of carbonyl (C=O) groups excluding carboxylic acids is 1. The van der Waals surface area contributed by atoms with Gasteiger partial charge in [0.25, 0.3) is 0 Å². The number of esters is 1. The van der Waals surface area contributed by atoms with Gasteiger partial charge in [-0.1, -0.05) is 12.1 Å². The van der Waals surface area contributed by atoms with Crippen LogP contribution in [0.2, 0.25) is 0 Å². The van der Waals surface area contributed by atoms with Crippen molar-refractivity contribution in [3.63, 3.8) is 0 Å². The number of nitrogens with zero attached hydrogens (tertiary/aromatic N) is 2. The molecule has 0 spiro atoms. The summed E-state index contributed by atoms with van der Waals surface area (Å²) in [5.41, 5.74) is 7.25. The number of nitriles is 2. The first-order valence-corrected chi connectivity index (χ1v) is 6.40. The van der Waals surface area contributed by atoms with E-state index in [0.29, 0.717) is 11.1 Å². The third-order valence-electron chi connectivity index (χ3n) is 3.38. The van der Waals surface area contributed by atoms with Crippen LogP contribution in [-0.4, -0.2) is 13.1 Å². The lowest BCUT2D eigenvalue weighted by Gasteiger charge is -2.26. The Morgan fingerprint density at radius 2 is 1.91 bits per heavy atom. The molecule has 0 unspecified atom stereocenters. The third-order valence-corrected chi connectivity index (χ3v) is 3.38. The third kappa shape index (κ3) is 2.50. The van der Waals surface area contributed by atoms with Crippen molar-refractivity contribution in [3.8, 4) is 12.1 Å². The Hall–Kier alpha value is -3.25. The highest BCUT2D eigenvalue weighted by Gasteiger charge is 2.35. The topological polar surface area (TPSA) is 109 Å². The van der Waals surface area contributed by atoms with Crippen LogP contribution in [0.25, 0.3) is 0 Å². The predicted molar refractivity (Wildman–Crippen MR) is 76.5 cm³/mol. The molecule has 1 heterocycles. The van der Waals surface area contributed by atoms with E-state index in [1.807, 2.05) is 12.1 Å². The summed E-state index contributed by atoms with van der Waals surface area (Å²) in [7, 11) is 1.26. The van der Waals surface area contributed by atoms with Crippen LogP contribution in [0, 0.1) is 22.7 Å². The number of carbonyl (C=O) groups is 1. The number of hydrogen-bond donors (Lipinski definition) is 1. The summed E-state index contributed by atoms with van der Waals surface area (Å²) >= 11 is 0. The van der Waals surface area contributed by atoms with E-state index >= 15 is 0 Å². The van der Waals surface area contributed by atoms with E-state index in [1.165, 1.54) is 7.11 Å². The zero-order valence-electron chi connectivity index (χ0n) is 12.1. The highest BCUT2D eigenvalue weighted by Crippen LogP contribution is 2.39. The van der Waals surface area contributed by atoms with Crippen LogP contribution in [-0.2, 0) is 14.3 Å². The summed E-state index contributed by atoms with van der Waals surface area (Å²) in [6.07, 6.45) is 0. The Labute approximate surface area is 127 Å². The van der Waals surface area contributed by atoms with Gasteiger partial charge in [-0.25, -0.2) is 4.79 Å². The average Bonchev–Trinajstić information content (AvgIpc) is 2.53.